The van der Waals surface area contributed by atoms with E-state index in [2.05, 4.69) is 47.8 Å². The molecule has 0 spiro atoms. The number of benzene rings is 1. The predicted octanol–water partition coefficient (Wildman–Crippen LogP) is 2.88. The van der Waals surface area contributed by atoms with E-state index in [-0.39, 0.29) is 0 Å². The van der Waals surface area contributed by atoms with Gasteiger partial charge in [-0.2, -0.15) is 5.10 Å². The maximum absolute atomic E-state index is 4.29. The Morgan fingerprint density at radius 3 is 2.52 bits per heavy atom. The van der Waals surface area contributed by atoms with Gasteiger partial charge in [-0.1, -0.05) is 29.8 Å². The van der Waals surface area contributed by atoms with Gasteiger partial charge in [0, 0.05) is 19.3 Å². The molecule has 1 saturated carbocycles. The second kappa shape index (κ2) is 6.44. The molecule has 1 aromatic carbocycles. The van der Waals surface area contributed by atoms with Crippen LogP contribution in [0.5, 0.6) is 0 Å². The summed E-state index contributed by atoms with van der Waals surface area (Å²) in [5.41, 5.74) is 4.11. The van der Waals surface area contributed by atoms with Crippen molar-refractivity contribution in [1.29, 1.82) is 0 Å². The van der Waals surface area contributed by atoms with Crippen LogP contribution in [-0.2, 0) is 19.9 Å². The Labute approximate surface area is 127 Å². The Bertz CT molecular complexity index is 566. The lowest BCUT2D eigenvalue weighted by Gasteiger charge is -2.17. The number of rotatable bonds is 7. The molecular formula is C18H25N3. The molecular weight excluding hydrogens is 258 g/mol. The number of nitrogens with one attached hydrogen (secondary N) is 1. The van der Waals surface area contributed by atoms with Crippen LogP contribution >= 0.6 is 0 Å². The van der Waals surface area contributed by atoms with Crippen molar-refractivity contribution in [2.24, 2.45) is 13.0 Å². The maximum atomic E-state index is 4.29. The Kier molecular flexibility index (Phi) is 4.39. The molecule has 1 atom stereocenters. The monoisotopic (exact) mass is 283 g/mol. The topological polar surface area (TPSA) is 29.9 Å². The van der Waals surface area contributed by atoms with E-state index in [9.17, 15) is 0 Å². The minimum atomic E-state index is 0.637. The molecule has 0 radical (unpaired) electrons. The maximum Gasteiger partial charge on any atom is 0.0521 e. The molecule has 21 heavy (non-hydrogen) atoms. The molecule has 1 aliphatic rings. The fourth-order valence-electron chi connectivity index (χ4n) is 2.81. The molecule has 0 saturated heterocycles. The van der Waals surface area contributed by atoms with E-state index in [1.807, 2.05) is 17.9 Å². The smallest absolute Gasteiger partial charge is 0.0521 e. The van der Waals surface area contributed by atoms with Gasteiger partial charge >= 0.3 is 0 Å². The van der Waals surface area contributed by atoms with Gasteiger partial charge in [0.1, 0.15) is 0 Å². The highest BCUT2D eigenvalue weighted by molar-refractivity contribution is 5.22. The second-order valence-corrected chi connectivity index (χ2v) is 6.46. The lowest BCUT2D eigenvalue weighted by Crippen LogP contribution is -2.27. The van der Waals surface area contributed by atoms with Crippen LogP contribution in [0.15, 0.2) is 36.7 Å². The van der Waals surface area contributed by atoms with Crippen molar-refractivity contribution in [1.82, 2.24) is 15.1 Å². The number of aryl methyl sites for hydroxylation is 2. The minimum absolute atomic E-state index is 0.637. The molecule has 1 aliphatic carbocycles. The third-order valence-corrected chi connectivity index (χ3v) is 4.20. The quantitative estimate of drug-likeness (QED) is 0.847. The molecule has 3 rings (SSSR count). The summed E-state index contributed by atoms with van der Waals surface area (Å²) >= 11 is 0. The lowest BCUT2D eigenvalue weighted by atomic mass is 9.93. The van der Waals surface area contributed by atoms with Crippen molar-refractivity contribution >= 4 is 0 Å². The molecule has 0 amide bonds. The zero-order valence-corrected chi connectivity index (χ0v) is 13.0. The second-order valence-electron chi connectivity index (χ2n) is 6.46. The van der Waals surface area contributed by atoms with Gasteiger partial charge in [-0.25, -0.2) is 0 Å². The molecule has 1 N–H and O–H groups in total. The lowest BCUT2D eigenvalue weighted by molar-refractivity contribution is 0.469. The molecule has 0 bridgehead atoms. The Hall–Kier alpha value is -1.61. The van der Waals surface area contributed by atoms with Crippen LogP contribution in [0.1, 0.15) is 29.5 Å². The average molecular weight is 283 g/mol. The Morgan fingerprint density at radius 2 is 1.90 bits per heavy atom. The fraction of sp³-hybridized carbons (Fsp3) is 0.500. The first kappa shape index (κ1) is 14.3. The van der Waals surface area contributed by atoms with E-state index >= 15 is 0 Å². The number of hydrogen-bond donors (Lipinski definition) is 1. The predicted molar refractivity (Wildman–Crippen MR) is 86.3 cm³/mol. The summed E-state index contributed by atoms with van der Waals surface area (Å²) in [6, 6.07) is 9.74. The normalized spacial score (nSPS) is 16.1. The van der Waals surface area contributed by atoms with Gasteiger partial charge < -0.3 is 5.32 Å². The van der Waals surface area contributed by atoms with Crippen LogP contribution in [0.2, 0.25) is 0 Å². The van der Waals surface area contributed by atoms with Crippen LogP contribution < -0.4 is 5.32 Å². The number of nitrogens with zero attached hydrogens (tertiary/aromatic N) is 2. The van der Waals surface area contributed by atoms with Crippen molar-refractivity contribution in [2.75, 3.05) is 6.54 Å². The molecule has 2 aromatic rings. The van der Waals surface area contributed by atoms with E-state index in [1.165, 1.54) is 29.5 Å². The van der Waals surface area contributed by atoms with Gasteiger partial charge in [-0.3, -0.25) is 4.68 Å². The summed E-state index contributed by atoms with van der Waals surface area (Å²) in [7, 11) is 1.99. The van der Waals surface area contributed by atoms with Gasteiger partial charge in [0.15, 0.2) is 0 Å². The standard InChI is InChI=1S/C18H25N3/c1-14-3-5-15(6-4-14)9-16(11-19-18-7-8-18)10-17-12-20-21(2)13-17/h3-6,12-13,16,18-19H,7-11H2,1-2H3. The van der Waals surface area contributed by atoms with Gasteiger partial charge in [0.2, 0.25) is 0 Å². The first-order valence-electron chi connectivity index (χ1n) is 7.95. The highest BCUT2D eigenvalue weighted by atomic mass is 15.2. The van der Waals surface area contributed by atoms with Crippen LogP contribution in [0.3, 0.4) is 0 Å². The molecule has 1 unspecified atom stereocenters. The molecule has 1 aromatic heterocycles. The van der Waals surface area contributed by atoms with Crippen molar-refractivity contribution in [3.63, 3.8) is 0 Å². The number of aromatic nitrogens is 2. The zero-order valence-electron chi connectivity index (χ0n) is 13.0. The Balaban J connectivity index is 1.63. The van der Waals surface area contributed by atoms with E-state index in [4.69, 9.17) is 0 Å². The third kappa shape index (κ3) is 4.43. The number of hydrogen-bond acceptors (Lipinski definition) is 2. The first-order chi connectivity index (χ1) is 10.2. The molecule has 1 fully saturated rings. The van der Waals surface area contributed by atoms with Gasteiger partial charge in [0.25, 0.3) is 0 Å². The van der Waals surface area contributed by atoms with Crippen molar-refractivity contribution in [3.8, 4) is 0 Å². The van der Waals surface area contributed by atoms with Gasteiger partial charge in [0.05, 0.1) is 6.20 Å². The molecule has 3 heteroatoms. The summed E-state index contributed by atoms with van der Waals surface area (Å²) < 4.78 is 1.90. The summed E-state index contributed by atoms with van der Waals surface area (Å²) in [6.45, 7) is 3.25. The third-order valence-electron chi connectivity index (χ3n) is 4.20. The van der Waals surface area contributed by atoms with E-state index in [1.54, 1.807) is 0 Å². The summed E-state index contributed by atoms with van der Waals surface area (Å²) in [5.74, 6) is 0.637. The largest absolute Gasteiger partial charge is 0.314 e. The highest BCUT2D eigenvalue weighted by Gasteiger charge is 2.22. The molecule has 1 heterocycles. The van der Waals surface area contributed by atoms with Crippen molar-refractivity contribution < 1.29 is 0 Å². The van der Waals surface area contributed by atoms with Crippen molar-refractivity contribution in [2.45, 2.75) is 38.6 Å². The van der Waals surface area contributed by atoms with E-state index < -0.39 is 0 Å². The first-order valence-corrected chi connectivity index (χ1v) is 7.95. The minimum Gasteiger partial charge on any atom is -0.314 e. The highest BCUT2D eigenvalue weighted by Crippen LogP contribution is 2.21. The molecule has 3 nitrogen and oxygen atoms in total. The fourth-order valence-corrected chi connectivity index (χ4v) is 2.81. The summed E-state index contributed by atoms with van der Waals surface area (Å²) in [6.07, 6.45) is 9.07. The van der Waals surface area contributed by atoms with E-state index in [0.717, 1.165) is 25.4 Å². The summed E-state index contributed by atoms with van der Waals surface area (Å²) in [5, 5.41) is 7.98. The SMILES string of the molecule is Cc1ccc(CC(CNC2CC2)Cc2cnn(C)c2)cc1. The van der Waals surface area contributed by atoms with Crippen LogP contribution in [0, 0.1) is 12.8 Å². The molecule has 0 aliphatic heterocycles. The Morgan fingerprint density at radius 1 is 1.19 bits per heavy atom. The molecule has 112 valence electrons. The van der Waals surface area contributed by atoms with Gasteiger partial charge in [-0.05, 0) is 56.2 Å². The van der Waals surface area contributed by atoms with Crippen LogP contribution in [-0.4, -0.2) is 22.4 Å². The van der Waals surface area contributed by atoms with Crippen LogP contribution in [0.4, 0.5) is 0 Å². The summed E-state index contributed by atoms with van der Waals surface area (Å²) in [4.78, 5) is 0. The van der Waals surface area contributed by atoms with Crippen LogP contribution in [0.25, 0.3) is 0 Å². The van der Waals surface area contributed by atoms with Crippen molar-refractivity contribution in [3.05, 3.63) is 53.3 Å². The van der Waals surface area contributed by atoms with E-state index in [0.29, 0.717) is 5.92 Å². The average Bonchev–Trinajstić information content (AvgIpc) is 3.21. The van der Waals surface area contributed by atoms with Gasteiger partial charge in [-0.15, -0.1) is 0 Å². The zero-order chi connectivity index (χ0) is 14.7.